The lowest BCUT2D eigenvalue weighted by Gasteiger charge is -2.10. The number of aryl methyl sites for hydroxylation is 1. The van der Waals surface area contributed by atoms with Gasteiger partial charge in [0.15, 0.2) is 0 Å². The minimum atomic E-state index is -1.29. The predicted octanol–water partition coefficient (Wildman–Crippen LogP) is 1.87. The van der Waals surface area contributed by atoms with Gasteiger partial charge in [0.05, 0.1) is 5.02 Å². The number of halogens is 2. The number of carboxylic acid groups (broad SMARTS) is 1. The minimum absolute atomic E-state index is 0.0854. The Hall–Kier alpha value is -1.13. The molecule has 3 nitrogen and oxygen atoms in total. The van der Waals surface area contributed by atoms with Gasteiger partial charge in [-0.3, -0.25) is 4.79 Å². The molecule has 0 aliphatic carbocycles. The summed E-state index contributed by atoms with van der Waals surface area (Å²) in [5.74, 6) is -1.86. The zero-order valence-corrected chi connectivity index (χ0v) is 8.18. The lowest BCUT2D eigenvalue weighted by molar-refractivity contribution is -0.138. The monoisotopic (exact) mass is 217 g/mol. The molecule has 0 fully saturated rings. The number of hydrogen-bond acceptors (Lipinski definition) is 2. The second kappa shape index (κ2) is 3.94. The van der Waals surface area contributed by atoms with Crippen LogP contribution in [0.1, 0.15) is 17.2 Å². The maximum absolute atomic E-state index is 13.2. The Morgan fingerprint density at radius 3 is 2.71 bits per heavy atom. The molecule has 0 aliphatic rings. The summed E-state index contributed by atoms with van der Waals surface area (Å²) < 4.78 is 13.2. The van der Waals surface area contributed by atoms with Gasteiger partial charge in [0.25, 0.3) is 0 Å². The number of rotatable bonds is 2. The topological polar surface area (TPSA) is 63.3 Å². The summed E-state index contributed by atoms with van der Waals surface area (Å²) in [5.41, 5.74) is 5.75. The predicted molar refractivity (Wildman–Crippen MR) is 50.7 cm³/mol. The molecular formula is C9H9ClFNO2. The summed E-state index contributed by atoms with van der Waals surface area (Å²) >= 11 is 5.62. The first-order valence-electron chi connectivity index (χ1n) is 3.88. The Balaban J connectivity index is 3.24. The maximum atomic E-state index is 13.2. The normalized spacial score (nSPS) is 12.6. The minimum Gasteiger partial charge on any atom is -0.480 e. The SMILES string of the molecule is Cc1ccc(C(N)C(=O)O)c(Cl)c1F. The van der Waals surface area contributed by atoms with Crippen LogP contribution in [-0.2, 0) is 4.79 Å². The van der Waals surface area contributed by atoms with Gasteiger partial charge in [0.1, 0.15) is 11.9 Å². The van der Waals surface area contributed by atoms with Gasteiger partial charge in [-0.15, -0.1) is 0 Å². The third kappa shape index (κ3) is 1.86. The molecule has 0 saturated heterocycles. The van der Waals surface area contributed by atoms with E-state index in [0.29, 0.717) is 5.56 Å². The first kappa shape index (κ1) is 10.9. The van der Waals surface area contributed by atoms with E-state index in [4.69, 9.17) is 22.4 Å². The lowest BCUT2D eigenvalue weighted by atomic mass is 10.1. The van der Waals surface area contributed by atoms with Crippen LogP contribution in [0.4, 0.5) is 4.39 Å². The molecule has 1 atom stereocenters. The summed E-state index contributed by atoms with van der Waals surface area (Å²) in [4.78, 5) is 10.5. The first-order chi connectivity index (χ1) is 6.45. The average molecular weight is 218 g/mol. The van der Waals surface area contributed by atoms with Crippen LogP contribution in [0.15, 0.2) is 12.1 Å². The highest BCUT2D eigenvalue weighted by Gasteiger charge is 2.20. The van der Waals surface area contributed by atoms with Crippen molar-refractivity contribution in [1.29, 1.82) is 0 Å². The van der Waals surface area contributed by atoms with Crippen LogP contribution < -0.4 is 5.73 Å². The first-order valence-corrected chi connectivity index (χ1v) is 4.26. The van der Waals surface area contributed by atoms with E-state index < -0.39 is 17.8 Å². The van der Waals surface area contributed by atoms with E-state index in [1.807, 2.05) is 0 Å². The van der Waals surface area contributed by atoms with Crippen molar-refractivity contribution in [3.05, 3.63) is 34.1 Å². The molecule has 76 valence electrons. The van der Waals surface area contributed by atoms with Crippen molar-refractivity contribution in [3.8, 4) is 0 Å². The fourth-order valence-electron chi connectivity index (χ4n) is 1.03. The number of hydrogen-bond donors (Lipinski definition) is 2. The van der Waals surface area contributed by atoms with Crippen molar-refractivity contribution in [2.75, 3.05) is 0 Å². The van der Waals surface area contributed by atoms with Crippen LogP contribution in [0.2, 0.25) is 5.02 Å². The second-order valence-electron chi connectivity index (χ2n) is 2.92. The van der Waals surface area contributed by atoms with E-state index in [-0.39, 0.29) is 10.6 Å². The van der Waals surface area contributed by atoms with Crippen molar-refractivity contribution >= 4 is 17.6 Å². The zero-order valence-electron chi connectivity index (χ0n) is 7.42. The van der Waals surface area contributed by atoms with Crippen LogP contribution in [-0.4, -0.2) is 11.1 Å². The number of aliphatic carboxylic acids is 1. The highest BCUT2D eigenvalue weighted by Crippen LogP contribution is 2.26. The molecule has 0 aliphatic heterocycles. The van der Waals surface area contributed by atoms with E-state index in [9.17, 15) is 9.18 Å². The molecular weight excluding hydrogens is 209 g/mol. The summed E-state index contributed by atoms with van der Waals surface area (Å²) in [5, 5.41) is 8.39. The Morgan fingerprint density at radius 1 is 1.64 bits per heavy atom. The standard InChI is InChI=1S/C9H9ClFNO2/c1-4-2-3-5(6(10)7(4)11)8(12)9(13)14/h2-3,8H,12H2,1H3,(H,13,14). The molecule has 1 aromatic rings. The average Bonchev–Trinajstić information content (AvgIpc) is 2.13. The summed E-state index contributed by atoms with van der Waals surface area (Å²) in [6, 6.07) is 1.57. The van der Waals surface area contributed by atoms with Gasteiger partial charge in [0.2, 0.25) is 0 Å². The Kier molecular flexibility index (Phi) is 3.08. The number of carboxylic acids is 1. The molecule has 1 unspecified atom stereocenters. The van der Waals surface area contributed by atoms with Crippen molar-refractivity contribution in [2.45, 2.75) is 13.0 Å². The second-order valence-corrected chi connectivity index (χ2v) is 3.29. The van der Waals surface area contributed by atoms with Crippen LogP contribution in [0, 0.1) is 12.7 Å². The largest absolute Gasteiger partial charge is 0.480 e. The van der Waals surface area contributed by atoms with Gasteiger partial charge >= 0.3 is 5.97 Å². The molecule has 0 radical (unpaired) electrons. The van der Waals surface area contributed by atoms with Gasteiger partial charge in [-0.05, 0) is 12.5 Å². The van der Waals surface area contributed by atoms with Crippen molar-refractivity contribution in [1.82, 2.24) is 0 Å². The third-order valence-electron chi connectivity index (χ3n) is 1.91. The van der Waals surface area contributed by atoms with Crippen molar-refractivity contribution in [3.63, 3.8) is 0 Å². The van der Waals surface area contributed by atoms with Gasteiger partial charge in [-0.25, -0.2) is 4.39 Å². The summed E-state index contributed by atoms with van der Waals surface area (Å²) in [6.07, 6.45) is 0. The molecule has 5 heteroatoms. The molecule has 1 aromatic carbocycles. The smallest absolute Gasteiger partial charge is 0.325 e. The van der Waals surface area contributed by atoms with Gasteiger partial charge in [-0.2, -0.15) is 0 Å². The summed E-state index contributed by atoms with van der Waals surface area (Å²) in [6.45, 7) is 1.54. The van der Waals surface area contributed by atoms with Crippen LogP contribution in [0.5, 0.6) is 0 Å². The third-order valence-corrected chi connectivity index (χ3v) is 2.29. The molecule has 0 bridgehead atoms. The highest BCUT2D eigenvalue weighted by atomic mass is 35.5. The lowest BCUT2D eigenvalue weighted by Crippen LogP contribution is -2.21. The molecule has 0 spiro atoms. The number of nitrogens with two attached hydrogens (primary N) is 1. The van der Waals surface area contributed by atoms with Crippen LogP contribution >= 0.6 is 11.6 Å². The maximum Gasteiger partial charge on any atom is 0.325 e. The molecule has 0 amide bonds. The van der Waals surface area contributed by atoms with E-state index in [1.165, 1.54) is 19.1 Å². The van der Waals surface area contributed by atoms with E-state index in [2.05, 4.69) is 0 Å². The fraction of sp³-hybridized carbons (Fsp3) is 0.222. The fourth-order valence-corrected chi connectivity index (χ4v) is 1.36. The van der Waals surface area contributed by atoms with Crippen molar-refractivity contribution < 1.29 is 14.3 Å². The van der Waals surface area contributed by atoms with Gasteiger partial charge in [0, 0.05) is 5.56 Å². The quantitative estimate of drug-likeness (QED) is 0.795. The Bertz CT molecular complexity index is 381. The highest BCUT2D eigenvalue weighted by molar-refractivity contribution is 6.31. The van der Waals surface area contributed by atoms with Gasteiger partial charge < -0.3 is 10.8 Å². The Labute approximate surface area is 85.3 Å². The molecule has 0 saturated carbocycles. The van der Waals surface area contributed by atoms with E-state index in [1.54, 1.807) is 0 Å². The number of carbonyl (C=O) groups is 1. The van der Waals surface area contributed by atoms with Crippen LogP contribution in [0.25, 0.3) is 0 Å². The molecule has 1 rings (SSSR count). The zero-order chi connectivity index (χ0) is 10.9. The molecule has 0 heterocycles. The van der Waals surface area contributed by atoms with Gasteiger partial charge in [-0.1, -0.05) is 23.7 Å². The van der Waals surface area contributed by atoms with E-state index >= 15 is 0 Å². The Morgan fingerprint density at radius 2 is 2.21 bits per heavy atom. The molecule has 3 N–H and O–H groups in total. The molecule has 14 heavy (non-hydrogen) atoms. The molecule has 0 aromatic heterocycles. The summed E-state index contributed by atoms with van der Waals surface area (Å²) in [7, 11) is 0. The van der Waals surface area contributed by atoms with Crippen molar-refractivity contribution in [2.24, 2.45) is 5.73 Å². The number of benzene rings is 1. The van der Waals surface area contributed by atoms with E-state index in [0.717, 1.165) is 0 Å². The van der Waals surface area contributed by atoms with Crippen LogP contribution in [0.3, 0.4) is 0 Å².